The number of nitrogens with one attached hydrogen (secondary N) is 1. The number of methoxy groups -OCH3 is 1. The number of ether oxygens (including phenoxy) is 2. The van der Waals surface area contributed by atoms with Gasteiger partial charge < -0.3 is 9.47 Å². The third-order valence-corrected chi connectivity index (χ3v) is 4.07. The van der Waals surface area contributed by atoms with Gasteiger partial charge in [-0.05, 0) is 18.6 Å². The lowest BCUT2D eigenvalue weighted by Gasteiger charge is -2.10. The van der Waals surface area contributed by atoms with Crippen molar-refractivity contribution in [3.63, 3.8) is 0 Å². The van der Waals surface area contributed by atoms with E-state index in [4.69, 9.17) is 9.47 Å². The second kappa shape index (κ2) is 7.86. The molecule has 1 N–H and O–H groups in total. The Morgan fingerprint density at radius 2 is 2.04 bits per heavy atom. The smallest absolute Gasteiger partial charge is 0.340 e. The number of rotatable bonds is 6. The van der Waals surface area contributed by atoms with Gasteiger partial charge in [-0.2, -0.15) is 0 Å². The molecule has 8 heteroatoms. The van der Waals surface area contributed by atoms with Crippen LogP contribution in [0.4, 0.5) is 0 Å². The van der Waals surface area contributed by atoms with E-state index in [-0.39, 0.29) is 23.2 Å². The molecule has 0 atom stereocenters. The highest BCUT2D eigenvalue weighted by Crippen LogP contribution is 2.19. The van der Waals surface area contributed by atoms with Crippen LogP contribution in [0.5, 0.6) is 5.75 Å². The lowest BCUT2D eigenvalue weighted by molar-refractivity contribution is 0.0470. The van der Waals surface area contributed by atoms with Gasteiger partial charge in [0.05, 0.1) is 18.1 Å². The Morgan fingerprint density at radius 3 is 2.78 bits per heavy atom. The Labute approximate surface area is 154 Å². The van der Waals surface area contributed by atoms with Crippen LogP contribution in [0.25, 0.3) is 11.0 Å². The molecule has 2 aromatic heterocycles. The molecule has 0 spiro atoms. The normalized spacial score (nSPS) is 10.7. The summed E-state index contributed by atoms with van der Waals surface area (Å²) in [7, 11) is 1.54. The maximum Gasteiger partial charge on any atom is 0.340 e. The Kier molecular flexibility index (Phi) is 5.35. The Hall–Kier alpha value is -3.42. The maximum absolute atomic E-state index is 12.4. The molecular formula is C19H19N3O5. The van der Waals surface area contributed by atoms with Crippen LogP contribution in [-0.4, -0.2) is 27.6 Å². The number of nitrogens with zero attached hydrogens (tertiary/aromatic N) is 2. The molecule has 2 heterocycles. The number of benzene rings is 1. The van der Waals surface area contributed by atoms with Crippen molar-refractivity contribution in [2.75, 3.05) is 7.11 Å². The van der Waals surface area contributed by atoms with Crippen LogP contribution in [0, 0.1) is 0 Å². The molecule has 0 bridgehead atoms. The number of hydrogen-bond donors (Lipinski definition) is 1. The molecule has 0 saturated heterocycles. The van der Waals surface area contributed by atoms with Gasteiger partial charge in [0, 0.05) is 18.3 Å². The largest absolute Gasteiger partial charge is 0.496 e. The lowest BCUT2D eigenvalue weighted by Crippen LogP contribution is -2.31. The van der Waals surface area contributed by atoms with Gasteiger partial charge in [0.1, 0.15) is 18.0 Å². The minimum Gasteiger partial charge on any atom is -0.496 e. The quantitative estimate of drug-likeness (QED) is 0.665. The molecule has 0 aliphatic heterocycles. The highest BCUT2D eigenvalue weighted by Gasteiger charge is 2.14. The maximum atomic E-state index is 12.4. The average molecular weight is 369 g/mol. The molecule has 0 unspecified atom stereocenters. The molecule has 0 saturated carbocycles. The van der Waals surface area contributed by atoms with E-state index in [9.17, 15) is 14.4 Å². The number of esters is 1. The van der Waals surface area contributed by atoms with E-state index in [2.05, 4.69) is 9.97 Å². The van der Waals surface area contributed by atoms with Crippen LogP contribution in [0.15, 0.2) is 46.1 Å². The summed E-state index contributed by atoms with van der Waals surface area (Å²) in [6, 6.07) is 8.58. The number of carbonyl (C=O) groups excluding carboxylic acids is 1. The van der Waals surface area contributed by atoms with Gasteiger partial charge in [-0.15, -0.1) is 0 Å². The molecular weight excluding hydrogens is 350 g/mol. The number of aromatic amines is 1. The summed E-state index contributed by atoms with van der Waals surface area (Å²) in [6.07, 6.45) is 2.00. The third kappa shape index (κ3) is 3.74. The average Bonchev–Trinajstić information content (AvgIpc) is 2.69. The zero-order chi connectivity index (χ0) is 19.4. The zero-order valence-electron chi connectivity index (χ0n) is 15.0. The van der Waals surface area contributed by atoms with Crippen LogP contribution in [-0.2, 0) is 17.9 Å². The van der Waals surface area contributed by atoms with Gasteiger partial charge in [0.25, 0.3) is 5.56 Å². The Balaban J connectivity index is 1.89. The SMILES string of the molecule is CCCn1c(=O)[nH]c(=O)c2cc(C(=O)OCc3ccccc3OC)cnc21. The molecule has 1 aromatic carbocycles. The van der Waals surface area contributed by atoms with E-state index < -0.39 is 17.2 Å². The van der Waals surface area contributed by atoms with E-state index in [1.54, 1.807) is 12.1 Å². The highest BCUT2D eigenvalue weighted by atomic mass is 16.5. The van der Waals surface area contributed by atoms with E-state index >= 15 is 0 Å². The van der Waals surface area contributed by atoms with Crippen molar-refractivity contribution in [2.45, 2.75) is 26.5 Å². The number of para-hydroxylation sites is 1. The Bertz CT molecular complexity index is 1100. The molecule has 3 aromatic rings. The van der Waals surface area contributed by atoms with Gasteiger partial charge in [-0.1, -0.05) is 25.1 Å². The van der Waals surface area contributed by atoms with E-state index in [1.165, 1.54) is 23.9 Å². The van der Waals surface area contributed by atoms with Gasteiger partial charge in [-0.25, -0.2) is 14.6 Å². The third-order valence-electron chi connectivity index (χ3n) is 4.07. The number of H-pyrrole nitrogens is 1. The van der Waals surface area contributed by atoms with Gasteiger partial charge >= 0.3 is 11.7 Å². The van der Waals surface area contributed by atoms with Gasteiger partial charge in [0.2, 0.25) is 0 Å². The van der Waals surface area contributed by atoms with Crippen molar-refractivity contribution in [1.29, 1.82) is 0 Å². The number of carbonyl (C=O) groups is 1. The molecule has 8 nitrogen and oxygen atoms in total. The van der Waals surface area contributed by atoms with Crippen LogP contribution in [0.1, 0.15) is 29.3 Å². The number of fused-ring (bicyclic) bond motifs is 1. The Morgan fingerprint density at radius 1 is 1.26 bits per heavy atom. The summed E-state index contributed by atoms with van der Waals surface area (Å²) in [5, 5.41) is 0.162. The van der Waals surface area contributed by atoms with Crippen LogP contribution < -0.4 is 16.0 Å². The van der Waals surface area contributed by atoms with Crippen molar-refractivity contribution in [3.8, 4) is 5.75 Å². The van der Waals surface area contributed by atoms with Crippen LogP contribution >= 0.6 is 0 Å². The number of hydrogen-bond acceptors (Lipinski definition) is 6. The first kappa shape index (κ1) is 18.4. The number of aryl methyl sites for hydroxylation is 1. The fourth-order valence-corrected chi connectivity index (χ4v) is 2.76. The molecule has 140 valence electrons. The number of pyridine rings is 1. The second-order valence-corrected chi connectivity index (χ2v) is 5.89. The van der Waals surface area contributed by atoms with Gasteiger partial charge in [0.15, 0.2) is 0 Å². The first-order chi connectivity index (χ1) is 13.0. The zero-order valence-corrected chi connectivity index (χ0v) is 15.0. The van der Waals surface area contributed by atoms with E-state index in [1.807, 2.05) is 19.1 Å². The van der Waals surface area contributed by atoms with Crippen molar-refractivity contribution in [1.82, 2.24) is 14.5 Å². The standard InChI is InChI=1S/C19H19N3O5/c1-3-8-22-16-14(17(23)21-19(22)25)9-13(10-20-16)18(24)27-11-12-6-4-5-7-15(12)26-2/h4-7,9-10H,3,8,11H2,1-2H3,(H,21,23,25). The van der Waals surface area contributed by atoms with Gasteiger partial charge in [-0.3, -0.25) is 14.3 Å². The summed E-state index contributed by atoms with van der Waals surface area (Å²) in [5.41, 5.74) is -0.0178. The summed E-state index contributed by atoms with van der Waals surface area (Å²) in [5.74, 6) is -0.00934. The second-order valence-electron chi connectivity index (χ2n) is 5.89. The highest BCUT2D eigenvalue weighted by molar-refractivity contribution is 5.92. The van der Waals surface area contributed by atoms with Crippen molar-refractivity contribution in [2.24, 2.45) is 0 Å². The van der Waals surface area contributed by atoms with Crippen LogP contribution in [0.2, 0.25) is 0 Å². The summed E-state index contributed by atoms with van der Waals surface area (Å²) < 4.78 is 11.9. The van der Waals surface area contributed by atoms with E-state index in [0.29, 0.717) is 18.7 Å². The predicted octanol–water partition coefficient (Wildman–Crippen LogP) is 1.86. The fraction of sp³-hybridized carbons (Fsp3) is 0.263. The molecule has 0 radical (unpaired) electrons. The molecule has 0 fully saturated rings. The van der Waals surface area contributed by atoms with Crippen molar-refractivity contribution < 1.29 is 14.3 Å². The lowest BCUT2D eigenvalue weighted by atomic mass is 10.2. The molecule has 0 aliphatic carbocycles. The van der Waals surface area contributed by atoms with Crippen LogP contribution in [0.3, 0.4) is 0 Å². The fourth-order valence-electron chi connectivity index (χ4n) is 2.76. The molecule has 27 heavy (non-hydrogen) atoms. The molecule has 0 amide bonds. The predicted molar refractivity (Wildman–Crippen MR) is 99.0 cm³/mol. The topological polar surface area (TPSA) is 103 Å². The first-order valence-corrected chi connectivity index (χ1v) is 8.47. The molecule has 0 aliphatic rings. The van der Waals surface area contributed by atoms with Crippen molar-refractivity contribution in [3.05, 3.63) is 68.5 Å². The summed E-state index contributed by atoms with van der Waals surface area (Å²) >= 11 is 0. The first-order valence-electron chi connectivity index (χ1n) is 8.47. The van der Waals surface area contributed by atoms with Crippen molar-refractivity contribution >= 4 is 17.0 Å². The molecule has 3 rings (SSSR count). The number of aromatic nitrogens is 3. The van der Waals surface area contributed by atoms with E-state index in [0.717, 1.165) is 5.56 Å². The summed E-state index contributed by atoms with van der Waals surface area (Å²) in [6.45, 7) is 2.34. The minimum absolute atomic E-state index is 0.0204. The summed E-state index contributed by atoms with van der Waals surface area (Å²) in [4.78, 5) is 42.8. The minimum atomic E-state index is -0.622. The monoisotopic (exact) mass is 369 g/mol.